The number of rotatable bonds is 9. The van der Waals surface area contributed by atoms with E-state index >= 15 is 0 Å². The Hall–Kier alpha value is -10.7. The minimum atomic E-state index is 0.559. The van der Waals surface area contributed by atoms with Crippen molar-refractivity contribution in [2.24, 2.45) is 4.99 Å². The summed E-state index contributed by atoms with van der Waals surface area (Å²) in [5.74, 6) is 0. The molecule has 6 nitrogen and oxygen atoms in total. The van der Waals surface area contributed by atoms with Crippen LogP contribution < -0.4 is 0 Å². The lowest BCUT2D eigenvalue weighted by molar-refractivity contribution is 1.11. The molecule has 15 aromatic rings. The summed E-state index contributed by atoms with van der Waals surface area (Å²) >= 11 is 0. The van der Waals surface area contributed by atoms with Gasteiger partial charge in [0.25, 0.3) is 0 Å². The third-order valence-electron chi connectivity index (χ3n) is 16.1. The zero-order valence-corrected chi connectivity index (χ0v) is 43.2. The van der Waals surface area contributed by atoms with Crippen molar-refractivity contribution >= 4 is 99.5 Å². The lowest BCUT2D eigenvalue weighted by Crippen LogP contribution is -2.06. The molecule has 0 aliphatic heterocycles. The number of benzene rings is 11. The van der Waals surface area contributed by atoms with E-state index < -0.39 is 0 Å². The second-order valence-electron chi connectivity index (χ2n) is 20.3. The van der Waals surface area contributed by atoms with Crippen LogP contribution in [0.25, 0.3) is 138 Å². The third kappa shape index (κ3) is 7.07. The molecule has 15 rings (SSSR count). The SMILES string of the molecule is C=N/C=C\C(=C/C)c1cc(-n2c3ccccc3c3cc(-c4ccc5c(c4)c4ccccc4n5-c4ccccc4)ccc32)c(C#N)c(-n2c3ccccc3c3cc(-c4ccc5c(c4)c4ccccc4n5-c4ccccc4)ccc32)c1. The third-order valence-corrected chi connectivity index (χ3v) is 16.1. The van der Waals surface area contributed by atoms with Crippen LogP contribution in [-0.2, 0) is 0 Å². The minimum absolute atomic E-state index is 0.559. The summed E-state index contributed by atoms with van der Waals surface area (Å²) in [7, 11) is 0. The summed E-state index contributed by atoms with van der Waals surface area (Å²) in [5.41, 5.74) is 19.5. The molecule has 0 saturated heterocycles. The van der Waals surface area contributed by atoms with E-state index in [4.69, 9.17) is 0 Å². The van der Waals surface area contributed by atoms with E-state index in [0.29, 0.717) is 5.56 Å². The highest BCUT2D eigenvalue weighted by Crippen LogP contribution is 2.43. The van der Waals surface area contributed by atoms with Gasteiger partial charge in [0.2, 0.25) is 0 Å². The molecule has 0 radical (unpaired) electrons. The van der Waals surface area contributed by atoms with Crippen LogP contribution in [0, 0.1) is 11.3 Å². The van der Waals surface area contributed by atoms with Gasteiger partial charge in [-0.25, -0.2) is 0 Å². The first-order valence-corrected chi connectivity index (χ1v) is 26.7. The predicted octanol–water partition coefficient (Wildman–Crippen LogP) is 18.9. The van der Waals surface area contributed by atoms with Gasteiger partial charge < -0.3 is 18.3 Å². The zero-order valence-electron chi connectivity index (χ0n) is 43.2. The number of aromatic nitrogens is 4. The monoisotopic (exact) mass is 1010 g/mol. The molecule has 0 saturated carbocycles. The second kappa shape index (κ2) is 18.2. The molecule has 0 atom stereocenters. The summed E-state index contributed by atoms with van der Waals surface area (Å²) in [6.45, 7) is 5.80. The summed E-state index contributed by atoms with van der Waals surface area (Å²) < 4.78 is 9.29. The van der Waals surface area contributed by atoms with E-state index in [9.17, 15) is 5.26 Å². The predicted molar refractivity (Wildman–Crippen MR) is 332 cm³/mol. The number of hydrogen-bond donors (Lipinski definition) is 0. The Morgan fingerprint density at radius 3 is 1.04 bits per heavy atom. The van der Waals surface area contributed by atoms with Gasteiger partial charge in [0.05, 0.1) is 55.5 Å². The number of nitriles is 1. The summed E-state index contributed by atoms with van der Waals surface area (Å²) in [6.07, 6.45) is 5.81. The highest BCUT2D eigenvalue weighted by atomic mass is 15.0. The molecular formula is C73H48N6. The first-order valence-electron chi connectivity index (χ1n) is 26.7. The van der Waals surface area contributed by atoms with Crippen LogP contribution in [0.4, 0.5) is 0 Å². The molecule has 0 aliphatic carbocycles. The number of nitrogens with zero attached hydrogens (tertiary/aromatic N) is 6. The van der Waals surface area contributed by atoms with Gasteiger partial charge in [-0.3, -0.25) is 4.99 Å². The van der Waals surface area contributed by atoms with Gasteiger partial charge in [0, 0.05) is 60.7 Å². The van der Waals surface area contributed by atoms with Gasteiger partial charge >= 0.3 is 0 Å². The Morgan fingerprint density at radius 1 is 0.380 bits per heavy atom. The van der Waals surface area contributed by atoms with Crippen LogP contribution in [0.2, 0.25) is 0 Å². The molecule has 4 heterocycles. The molecule has 0 spiro atoms. The molecule has 370 valence electrons. The average molecular weight is 1010 g/mol. The highest BCUT2D eigenvalue weighted by Gasteiger charge is 2.24. The summed E-state index contributed by atoms with van der Waals surface area (Å²) in [5, 5.41) is 21.0. The van der Waals surface area contributed by atoms with E-state index in [2.05, 4.69) is 285 Å². The molecular weight excluding hydrogens is 961 g/mol. The lowest BCUT2D eigenvalue weighted by Gasteiger charge is -2.19. The number of hydrogen-bond acceptors (Lipinski definition) is 2. The van der Waals surface area contributed by atoms with Gasteiger partial charge in [-0.2, -0.15) is 5.26 Å². The van der Waals surface area contributed by atoms with Gasteiger partial charge in [-0.05, 0) is 162 Å². The molecule has 0 unspecified atom stereocenters. The molecule has 0 aliphatic rings. The molecule has 11 aromatic carbocycles. The van der Waals surface area contributed by atoms with Gasteiger partial charge in [0.1, 0.15) is 11.6 Å². The van der Waals surface area contributed by atoms with Crippen LogP contribution in [0.15, 0.2) is 266 Å². The molecule has 79 heavy (non-hydrogen) atoms. The minimum Gasteiger partial charge on any atom is -0.309 e. The largest absolute Gasteiger partial charge is 0.309 e. The molecule has 0 amide bonds. The Labute approximate surface area is 455 Å². The Kier molecular flexibility index (Phi) is 10.5. The maximum Gasteiger partial charge on any atom is 0.104 e. The number of allylic oxidation sites excluding steroid dienone is 3. The van der Waals surface area contributed by atoms with Crippen molar-refractivity contribution in [1.82, 2.24) is 18.3 Å². The van der Waals surface area contributed by atoms with Crippen LogP contribution in [0.3, 0.4) is 0 Å². The van der Waals surface area contributed by atoms with E-state index in [-0.39, 0.29) is 0 Å². The van der Waals surface area contributed by atoms with Gasteiger partial charge in [-0.1, -0.05) is 140 Å². The fraction of sp³-hybridized carbons (Fsp3) is 0.0137. The van der Waals surface area contributed by atoms with Crippen molar-refractivity contribution in [3.8, 4) is 51.1 Å². The van der Waals surface area contributed by atoms with Crippen molar-refractivity contribution in [2.45, 2.75) is 6.92 Å². The Bertz CT molecular complexity index is 4810. The normalized spacial score (nSPS) is 12.2. The number of para-hydroxylation sites is 6. The fourth-order valence-electron chi connectivity index (χ4n) is 12.6. The number of aliphatic imine (C=N–C) groups is 1. The lowest BCUT2D eigenvalue weighted by atomic mass is 9.99. The van der Waals surface area contributed by atoms with Crippen LogP contribution in [0.1, 0.15) is 18.1 Å². The Morgan fingerprint density at radius 2 is 0.696 bits per heavy atom. The Balaban J connectivity index is 0.921. The van der Waals surface area contributed by atoms with Crippen LogP contribution in [-0.4, -0.2) is 25.0 Å². The maximum atomic E-state index is 11.7. The first-order chi connectivity index (χ1) is 39.1. The second-order valence-corrected chi connectivity index (χ2v) is 20.3. The van der Waals surface area contributed by atoms with Crippen molar-refractivity contribution in [1.29, 1.82) is 5.26 Å². The van der Waals surface area contributed by atoms with E-state index in [1.54, 1.807) is 6.20 Å². The van der Waals surface area contributed by atoms with Crippen molar-refractivity contribution in [2.75, 3.05) is 0 Å². The molecule has 0 N–H and O–H groups in total. The quantitative estimate of drug-likeness (QED) is 0.105. The van der Waals surface area contributed by atoms with E-state index in [1.807, 2.05) is 13.0 Å². The van der Waals surface area contributed by atoms with Gasteiger partial charge in [0.15, 0.2) is 0 Å². The van der Waals surface area contributed by atoms with Crippen molar-refractivity contribution in [3.05, 3.63) is 272 Å². The highest BCUT2D eigenvalue weighted by molar-refractivity contribution is 6.15. The smallest absolute Gasteiger partial charge is 0.104 e. The van der Waals surface area contributed by atoms with Gasteiger partial charge in [-0.15, -0.1) is 0 Å². The fourth-order valence-corrected chi connectivity index (χ4v) is 12.6. The standard InChI is InChI=1S/C73H48N6/c1-3-47(38-39-75-2)52-44-72(78-66-28-16-12-24-57(66)61-42-50(32-36-70(61)78)48-30-34-68-59(40-48)55-22-10-14-26-64(55)76(68)53-18-6-4-7-19-53)63(46-74)73(45-52)79-67-29-17-13-25-58(67)62-43-51(33-37-71(62)79)49-31-35-69-60(41-49)56-23-11-15-27-65(56)77(69)54-20-8-5-9-21-54/h3-45H,2H2,1H3/b39-38-,47-3+. The van der Waals surface area contributed by atoms with E-state index in [0.717, 1.165) is 111 Å². The average Bonchev–Trinajstić information content (AvgIpc) is 4.45. The molecule has 0 bridgehead atoms. The first kappa shape index (κ1) is 45.6. The maximum absolute atomic E-state index is 11.7. The summed E-state index contributed by atoms with van der Waals surface area (Å²) in [4.78, 5) is 4.11. The molecule has 0 fully saturated rings. The van der Waals surface area contributed by atoms with Crippen LogP contribution in [0.5, 0.6) is 0 Å². The van der Waals surface area contributed by atoms with E-state index in [1.165, 1.54) is 32.6 Å². The zero-order chi connectivity index (χ0) is 52.7. The van der Waals surface area contributed by atoms with Crippen LogP contribution >= 0.6 is 0 Å². The van der Waals surface area contributed by atoms with Crippen molar-refractivity contribution in [3.63, 3.8) is 0 Å². The molecule has 4 aromatic heterocycles. The summed E-state index contributed by atoms with van der Waals surface area (Å²) in [6, 6.07) is 90.0. The number of fused-ring (bicyclic) bond motifs is 12. The topological polar surface area (TPSA) is 55.9 Å². The van der Waals surface area contributed by atoms with Crippen molar-refractivity contribution < 1.29 is 0 Å². The molecule has 6 heteroatoms.